The van der Waals surface area contributed by atoms with Gasteiger partial charge in [-0.2, -0.15) is 0 Å². The molecule has 1 unspecified atom stereocenters. The van der Waals surface area contributed by atoms with Gasteiger partial charge < -0.3 is 5.32 Å². The molecule has 0 spiro atoms. The third-order valence-corrected chi connectivity index (χ3v) is 5.31. The number of hydrogen-bond donors (Lipinski definition) is 1. The van der Waals surface area contributed by atoms with E-state index in [0.29, 0.717) is 18.0 Å². The van der Waals surface area contributed by atoms with Crippen molar-refractivity contribution >= 4 is 17.7 Å². The third kappa shape index (κ3) is 3.07. The number of amides is 1. The molecule has 0 saturated carbocycles. The fourth-order valence-electron chi connectivity index (χ4n) is 3.30. The van der Waals surface area contributed by atoms with Crippen LogP contribution < -0.4 is 5.32 Å². The molecule has 1 amide bonds. The normalized spacial score (nSPS) is 15.3. The summed E-state index contributed by atoms with van der Waals surface area (Å²) in [6.45, 7) is 0.682. The maximum absolute atomic E-state index is 12.5. The van der Waals surface area contributed by atoms with Gasteiger partial charge in [-0.1, -0.05) is 42.1 Å². The Labute approximate surface area is 151 Å². The molecule has 5 heteroatoms. The van der Waals surface area contributed by atoms with Gasteiger partial charge in [0.1, 0.15) is 0 Å². The average Bonchev–Trinajstić information content (AvgIpc) is 3.11. The van der Waals surface area contributed by atoms with E-state index in [0.717, 1.165) is 17.3 Å². The van der Waals surface area contributed by atoms with Crippen molar-refractivity contribution in [2.75, 3.05) is 12.8 Å². The van der Waals surface area contributed by atoms with E-state index in [4.69, 9.17) is 0 Å². The van der Waals surface area contributed by atoms with Crippen LogP contribution >= 0.6 is 11.8 Å². The first-order valence-electron chi connectivity index (χ1n) is 8.30. The topological polar surface area (TPSA) is 46.9 Å². The number of benzene rings is 2. The van der Waals surface area contributed by atoms with E-state index in [-0.39, 0.29) is 5.91 Å². The van der Waals surface area contributed by atoms with Crippen LogP contribution in [0.25, 0.3) is 5.69 Å². The van der Waals surface area contributed by atoms with Crippen molar-refractivity contribution < 1.29 is 4.79 Å². The maximum atomic E-state index is 12.5. The summed E-state index contributed by atoms with van der Waals surface area (Å²) in [6, 6.07) is 16.1. The first-order valence-corrected chi connectivity index (χ1v) is 9.52. The van der Waals surface area contributed by atoms with Gasteiger partial charge in [-0.3, -0.25) is 9.36 Å². The van der Waals surface area contributed by atoms with Crippen LogP contribution in [-0.4, -0.2) is 28.3 Å². The van der Waals surface area contributed by atoms with E-state index in [1.807, 2.05) is 41.3 Å². The fourth-order valence-corrected chi connectivity index (χ4v) is 3.83. The number of hydrogen-bond acceptors (Lipinski definition) is 3. The van der Waals surface area contributed by atoms with E-state index in [2.05, 4.69) is 34.6 Å². The maximum Gasteiger partial charge on any atom is 0.251 e. The quantitative estimate of drug-likeness (QED) is 0.715. The first-order chi connectivity index (χ1) is 12.3. The predicted octanol–water partition coefficient (Wildman–Crippen LogP) is 3.66. The number of carbonyl (C=O) groups excluding carboxylic acids is 1. The van der Waals surface area contributed by atoms with Gasteiger partial charge in [0.25, 0.3) is 5.91 Å². The minimum Gasteiger partial charge on any atom is -0.351 e. The largest absolute Gasteiger partial charge is 0.351 e. The molecule has 0 radical (unpaired) electrons. The van der Waals surface area contributed by atoms with Crippen molar-refractivity contribution in [1.29, 1.82) is 0 Å². The van der Waals surface area contributed by atoms with Crippen LogP contribution in [-0.2, 0) is 6.42 Å². The summed E-state index contributed by atoms with van der Waals surface area (Å²) in [7, 11) is 0. The molecule has 0 saturated heterocycles. The van der Waals surface area contributed by atoms with Crippen LogP contribution in [0.5, 0.6) is 0 Å². The summed E-state index contributed by atoms with van der Waals surface area (Å²) >= 11 is 1.58. The number of carbonyl (C=O) groups is 1. The second-order valence-electron chi connectivity index (χ2n) is 6.14. The second kappa shape index (κ2) is 6.76. The van der Waals surface area contributed by atoms with E-state index in [1.54, 1.807) is 18.0 Å². The summed E-state index contributed by atoms with van der Waals surface area (Å²) in [4.78, 5) is 16.8. The highest BCUT2D eigenvalue weighted by molar-refractivity contribution is 7.98. The van der Waals surface area contributed by atoms with Crippen molar-refractivity contribution in [1.82, 2.24) is 14.9 Å². The number of thioether (sulfide) groups is 1. The van der Waals surface area contributed by atoms with Crippen LogP contribution in [0.15, 0.2) is 66.1 Å². The van der Waals surface area contributed by atoms with Gasteiger partial charge in [-0.25, -0.2) is 4.98 Å². The predicted molar refractivity (Wildman–Crippen MR) is 101 cm³/mol. The minimum atomic E-state index is -0.0305. The highest BCUT2D eigenvalue weighted by Crippen LogP contribution is 2.34. The van der Waals surface area contributed by atoms with Crippen molar-refractivity contribution in [2.24, 2.45) is 0 Å². The Bertz CT molecular complexity index is 919. The molecular weight excluding hydrogens is 330 g/mol. The van der Waals surface area contributed by atoms with Gasteiger partial charge in [0.2, 0.25) is 0 Å². The zero-order chi connectivity index (χ0) is 17.2. The Morgan fingerprint density at radius 3 is 3.00 bits per heavy atom. The van der Waals surface area contributed by atoms with Crippen molar-refractivity contribution in [3.63, 3.8) is 0 Å². The smallest absolute Gasteiger partial charge is 0.251 e. The lowest BCUT2D eigenvalue weighted by Gasteiger charge is -2.30. The second-order valence-corrected chi connectivity index (χ2v) is 6.92. The molecule has 0 aliphatic heterocycles. The van der Waals surface area contributed by atoms with Gasteiger partial charge in [0, 0.05) is 36.1 Å². The standard InChI is InChI=1S/C20H19N3OS/c1-25-20-21-9-10-23(20)17-7-4-6-15(12-17)19(24)22-13-16-11-14-5-2-3-8-18(14)16/h2-10,12,16H,11,13H2,1H3,(H,22,24). The zero-order valence-corrected chi connectivity index (χ0v) is 14.8. The lowest BCUT2D eigenvalue weighted by Crippen LogP contribution is -2.33. The van der Waals surface area contributed by atoms with E-state index in [1.165, 1.54) is 11.1 Å². The van der Waals surface area contributed by atoms with Crippen LogP contribution in [0.4, 0.5) is 0 Å². The van der Waals surface area contributed by atoms with Crippen molar-refractivity contribution in [2.45, 2.75) is 17.5 Å². The molecule has 1 N–H and O–H groups in total. The van der Waals surface area contributed by atoms with Gasteiger partial charge in [0.15, 0.2) is 5.16 Å². The van der Waals surface area contributed by atoms with Gasteiger partial charge in [0.05, 0.1) is 0 Å². The molecule has 0 bridgehead atoms. The number of nitrogens with one attached hydrogen (secondary N) is 1. The highest BCUT2D eigenvalue weighted by Gasteiger charge is 2.25. The lowest BCUT2D eigenvalue weighted by atomic mass is 9.77. The molecule has 0 fully saturated rings. The van der Waals surface area contributed by atoms with Crippen LogP contribution in [0.2, 0.25) is 0 Å². The molecule has 1 atom stereocenters. The molecule has 3 aromatic rings. The van der Waals surface area contributed by atoms with E-state index >= 15 is 0 Å². The zero-order valence-electron chi connectivity index (χ0n) is 14.0. The SMILES string of the molecule is CSc1nccn1-c1cccc(C(=O)NCC2Cc3ccccc32)c1. The minimum absolute atomic E-state index is 0.0305. The van der Waals surface area contributed by atoms with Crippen molar-refractivity contribution in [3.8, 4) is 5.69 Å². The van der Waals surface area contributed by atoms with Gasteiger partial charge in [-0.05, 0) is 42.0 Å². The molecule has 126 valence electrons. The summed E-state index contributed by atoms with van der Waals surface area (Å²) in [6.07, 6.45) is 6.72. The molecule has 2 aromatic carbocycles. The molecule has 25 heavy (non-hydrogen) atoms. The lowest BCUT2D eigenvalue weighted by molar-refractivity contribution is 0.0950. The molecule has 1 aromatic heterocycles. The summed E-state index contributed by atoms with van der Waals surface area (Å²) < 4.78 is 1.99. The number of nitrogens with zero attached hydrogens (tertiary/aromatic N) is 2. The first kappa shape index (κ1) is 16.0. The summed E-state index contributed by atoms with van der Waals surface area (Å²) in [5.74, 6) is 0.400. The number of rotatable bonds is 5. The summed E-state index contributed by atoms with van der Waals surface area (Å²) in [5.41, 5.74) is 4.38. The summed E-state index contributed by atoms with van der Waals surface area (Å²) in [5, 5.41) is 3.98. The Kier molecular flexibility index (Phi) is 4.32. The number of imidazole rings is 1. The Balaban J connectivity index is 1.45. The third-order valence-electron chi connectivity index (χ3n) is 4.65. The number of fused-ring (bicyclic) bond motifs is 1. The molecule has 4 nitrogen and oxygen atoms in total. The molecule has 1 aliphatic carbocycles. The molecular formula is C20H19N3OS. The monoisotopic (exact) mass is 349 g/mol. The van der Waals surface area contributed by atoms with Crippen LogP contribution in [0, 0.1) is 0 Å². The Hall–Kier alpha value is -2.53. The Morgan fingerprint density at radius 2 is 2.16 bits per heavy atom. The van der Waals surface area contributed by atoms with Crippen LogP contribution in [0.3, 0.4) is 0 Å². The number of aromatic nitrogens is 2. The van der Waals surface area contributed by atoms with Gasteiger partial charge in [-0.15, -0.1) is 0 Å². The van der Waals surface area contributed by atoms with Crippen molar-refractivity contribution in [3.05, 3.63) is 77.6 Å². The van der Waals surface area contributed by atoms with E-state index in [9.17, 15) is 4.79 Å². The average molecular weight is 349 g/mol. The fraction of sp³-hybridized carbons (Fsp3) is 0.200. The molecule has 4 rings (SSSR count). The van der Waals surface area contributed by atoms with E-state index < -0.39 is 0 Å². The highest BCUT2D eigenvalue weighted by atomic mass is 32.2. The molecule has 1 aliphatic rings. The molecule has 1 heterocycles. The van der Waals surface area contributed by atoms with Gasteiger partial charge >= 0.3 is 0 Å². The van der Waals surface area contributed by atoms with Crippen LogP contribution in [0.1, 0.15) is 27.4 Å². The Morgan fingerprint density at radius 1 is 1.28 bits per heavy atom.